The SMILES string of the molecule is c1ccc(COC[C@H]2O[C@]3(OC34CCCCC4)[C@H](OCc3ccccc3)[C@@H](OCc3ccccc3)[C@@H]2OCc2ccccc2)cc1. The number of hydrogen-bond acceptors (Lipinski definition) is 6. The van der Waals surface area contributed by atoms with Gasteiger partial charge >= 0.3 is 0 Å². The van der Waals surface area contributed by atoms with E-state index in [2.05, 4.69) is 48.5 Å². The molecular weight excluding hydrogens is 576 g/mol. The smallest absolute Gasteiger partial charge is 0.228 e. The molecule has 2 aliphatic heterocycles. The Balaban J connectivity index is 1.22. The molecule has 3 fully saturated rings. The molecule has 5 atom stereocenters. The molecule has 0 amide bonds. The van der Waals surface area contributed by atoms with Gasteiger partial charge in [-0.15, -0.1) is 0 Å². The Bertz CT molecular complexity index is 1480. The monoisotopic (exact) mass is 620 g/mol. The van der Waals surface area contributed by atoms with Crippen LogP contribution in [0.3, 0.4) is 0 Å². The highest BCUT2D eigenvalue weighted by atomic mass is 16.8. The highest BCUT2D eigenvalue weighted by molar-refractivity contribution is 5.22. The second-order valence-corrected chi connectivity index (χ2v) is 12.7. The van der Waals surface area contributed by atoms with Crippen molar-refractivity contribution < 1.29 is 28.4 Å². The quantitative estimate of drug-likeness (QED) is 0.142. The van der Waals surface area contributed by atoms with Gasteiger partial charge in [-0.1, -0.05) is 141 Å². The summed E-state index contributed by atoms with van der Waals surface area (Å²) < 4.78 is 40.9. The van der Waals surface area contributed by atoms with E-state index in [9.17, 15) is 0 Å². The van der Waals surface area contributed by atoms with E-state index >= 15 is 0 Å². The second kappa shape index (κ2) is 14.6. The van der Waals surface area contributed by atoms with Crippen LogP contribution in [0, 0.1) is 0 Å². The standard InChI is InChI=1S/C40H44O6/c1-6-16-31(17-7-1)26-41-30-35-36(42-27-32-18-8-2-9-19-32)37(43-28-33-20-10-3-11-21-33)38(44-29-34-22-12-4-13-23-34)40(45-35)39(46-40)24-14-5-15-25-39/h1-4,6-13,16-23,35-38H,5,14-15,24-30H2/t35-,36-,37+,38-,40+/m1/s1. The van der Waals surface area contributed by atoms with Crippen LogP contribution in [-0.4, -0.2) is 42.4 Å². The van der Waals surface area contributed by atoms with E-state index in [4.69, 9.17) is 28.4 Å². The Labute approximate surface area is 272 Å². The molecule has 4 aromatic carbocycles. The highest BCUT2D eigenvalue weighted by Gasteiger charge is 2.79. The number of fused-ring (bicyclic) bond motifs is 1. The summed E-state index contributed by atoms with van der Waals surface area (Å²) in [5.41, 5.74) is 3.98. The van der Waals surface area contributed by atoms with Gasteiger partial charge in [0.25, 0.3) is 0 Å². The van der Waals surface area contributed by atoms with E-state index < -0.39 is 35.8 Å². The lowest BCUT2D eigenvalue weighted by molar-refractivity contribution is -0.305. The van der Waals surface area contributed by atoms with Crippen molar-refractivity contribution in [3.05, 3.63) is 144 Å². The zero-order chi connectivity index (χ0) is 31.1. The summed E-state index contributed by atoms with van der Waals surface area (Å²) in [4.78, 5) is 0. The van der Waals surface area contributed by atoms with Crippen LogP contribution in [0.15, 0.2) is 121 Å². The maximum absolute atomic E-state index is 7.12. The van der Waals surface area contributed by atoms with Crippen molar-refractivity contribution in [2.75, 3.05) is 6.61 Å². The molecule has 6 nitrogen and oxygen atoms in total. The molecule has 7 rings (SSSR count). The average molecular weight is 621 g/mol. The van der Waals surface area contributed by atoms with Gasteiger partial charge in [0.15, 0.2) is 0 Å². The maximum Gasteiger partial charge on any atom is 0.228 e. The maximum atomic E-state index is 7.12. The van der Waals surface area contributed by atoms with Crippen LogP contribution in [0.25, 0.3) is 0 Å². The Hall–Kier alpha value is -3.36. The molecule has 0 aromatic heterocycles. The summed E-state index contributed by atoms with van der Waals surface area (Å²) in [6, 6.07) is 41.0. The van der Waals surface area contributed by atoms with Crippen molar-refractivity contribution in [3.8, 4) is 0 Å². The fraction of sp³-hybridized carbons (Fsp3) is 0.400. The van der Waals surface area contributed by atoms with Crippen molar-refractivity contribution in [2.24, 2.45) is 0 Å². The van der Waals surface area contributed by atoms with Gasteiger partial charge < -0.3 is 28.4 Å². The van der Waals surface area contributed by atoms with Crippen LogP contribution in [-0.2, 0) is 54.8 Å². The van der Waals surface area contributed by atoms with Gasteiger partial charge in [-0.3, -0.25) is 0 Å². The molecule has 0 unspecified atom stereocenters. The lowest BCUT2D eigenvalue weighted by Crippen LogP contribution is -2.64. The summed E-state index contributed by atoms with van der Waals surface area (Å²) in [5.74, 6) is -0.934. The first-order valence-corrected chi connectivity index (χ1v) is 16.7. The molecule has 0 bridgehead atoms. The van der Waals surface area contributed by atoms with Crippen molar-refractivity contribution in [1.82, 2.24) is 0 Å². The number of hydrogen-bond donors (Lipinski definition) is 0. The Morgan fingerprint density at radius 2 is 0.978 bits per heavy atom. The molecule has 46 heavy (non-hydrogen) atoms. The predicted molar refractivity (Wildman–Crippen MR) is 176 cm³/mol. The van der Waals surface area contributed by atoms with Crippen LogP contribution >= 0.6 is 0 Å². The molecule has 0 N–H and O–H groups in total. The molecule has 2 saturated heterocycles. The van der Waals surface area contributed by atoms with Crippen LogP contribution < -0.4 is 0 Å². The zero-order valence-electron chi connectivity index (χ0n) is 26.4. The third-order valence-corrected chi connectivity index (χ3v) is 9.53. The van der Waals surface area contributed by atoms with E-state index in [1.807, 2.05) is 72.8 Å². The van der Waals surface area contributed by atoms with Crippen LogP contribution in [0.1, 0.15) is 54.4 Å². The van der Waals surface area contributed by atoms with E-state index in [0.717, 1.165) is 47.9 Å². The minimum atomic E-state index is -0.934. The Morgan fingerprint density at radius 1 is 0.522 bits per heavy atom. The van der Waals surface area contributed by atoms with E-state index in [-0.39, 0.29) is 0 Å². The molecule has 2 heterocycles. The second-order valence-electron chi connectivity index (χ2n) is 12.7. The lowest BCUT2D eigenvalue weighted by atomic mass is 9.79. The number of rotatable bonds is 13. The topological polar surface area (TPSA) is 58.7 Å². The fourth-order valence-corrected chi connectivity index (χ4v) is 7.12. The first kappa shape index (κ1) is 31.3. The summed E-state index contributed by atoms with van der Waals surface area (Å²) in [6.07, 6.45) is 3.45. The molecule has 3 aliphatic rings. The van der Waals surface area contributed by atoms with Crippen molar-refractivity contribution in [3.63, 3.8) is 0 Å². The number of ether oxygens (including phenoxy) is 6. The van der Waals surface area contributed by atoms with Gasteiger partial charge in [-0.05, 0) is 35.1 Å². The lowest BCUT2D eigenvalue weighted by Gasteiger charge is -2.46. The number of epoxide rings is 1. The molecule has 6 heteroatoms. The normalized spacial score (nSPS) is 26.7. The molecular formula is C40H44O6. The minimum absolute atomic E-state index is 0.339. The third kappa shape index (κ3) is 6.98. The first-order valence-electron chi connectivity index (χ1n) is 16.7. The van der Waals surface area contributed by atoms with Gasteiger partial charge in [0.2, 0.25) is 5.79 Å². The minimum Gasteiger partial charge on any atom is -0.374 e. The molecule has 4 aromatic rings. The van der Waals surface area contributed by atoms with Gasteiger partial charge in [0, 0.05) is 0 Å². The summed E-state index contributed by atoms with van der Waals surface area (Å²) in [6.45, 7) is 2.07. The summed E-state index contributed by atoms with van der Waals surface area (Å²) in [5, 5.41) is 0. The summed E-state index contributed by atoms with van der Waals surface area (Å²) in [7, 11) is 0. The Kier molecular flexibility index (Phi) is 9.92. The van der Waals surface area contributed by atoms with Crippen molar-refractivity contribution >= 4 is 0 Å². The highest BCUT2D eigenvalue weighted by Crippen LogP contribution is 2.63. The van der Waals surface area contributed by atoms with E-state index in [0.29, 0.717) is 33.0 Å². The molecule has 0 radical (unpaired) electrons. The number of benzene rings is 4. The van der Waals surface area contributed by atoms with Gasteiger partial charge in [0.1, 0.15) is 30.0 Å². The molecule has 240 valence electrons. The average Bonchev–Trinajstić information content (AvgIpc) is 3.71. The van der Waals surface area contributed by atoms with Crippen LogP contribution in [0.5, 0.6) is 0 Å². The van der Waals surface area contributed by atoms with Gasteiger partial charge in [-0.2, -0.15) is 0 Å². The first-order chi connectivity index (χ1) is 22.7. The Morgan fingerprint density at radius 3 is 1.50 bits per heavy atom. The zero-order valence-corrected chi connectivity index (χ0v) is 26.4. The third-order valence-electron chi connectivity index (χ3n) is 9.53. The molecule has 2 spiro atoms. The summed E-state index contributed by atoms with van der Waals surface area (Å²) >= 11 is 0. The van der Waals surface area contributed by atoms with Gasteiger partial charge in [-0.25, -0.2) is 0 Å². The predicted octanol–water partition coefficient (Wildman–Crippen LogP) is 7.79. The fourth-order valence-electron chi connectivity index (χ4n) is 7.12. The van der Waals surface area contributed by atoms with Gasteiger partial charge in [0.05, 0.1) is 33.0 Å². The molecule has 1 aliphatic carbocycles. The van der Waals surface area contributed by atoms with Crippen LogP contribution in [0.4, 0.5) is 0 Å². The van der Waals surface area contributed by atoms with Crippen LogP contribution in [0.2, 0.25) is 0 Å². The van der Waals surface area contributed by atoms with Crippen molar-refractivity contribution in [2.45, 2.75) is 94.3 Å². The van der Waals surface area contributed by atoms with E-state index in [1.165, 1.54) is 6.42 Å². The van der Waals surface area contributed by atoms with E-state index in [1.54, 1.807) is 0 Å². The van der Waals surface area contributed by atoms with Crippen molar-refractivity contribution in [1.29, 1.82) is 0 Å². The largest absolute Gasteiger partial charge is 0.374 e. The molecule has 1 saturated carbocycles.